The molecule has 160 valence electrons. The van der Waals surface area contributed by atoms with E-state index in [0.717, 1.165) is 25.7 Å². The maximum atomic E-state index is 12.3. The number of carbonyl (C=O) groups excluding carboxylic acids is 2. The lowest BCUT2D eigenvalue weighted by atomic mass is 9.75. The minimum atomic E-state index is -0.431. The van der Waals surface area contributed by atoms with E-state index >= 15 is 0 Å². The van der Waals surface area contributed by atoms with Crippen molar-refractivity contribution in [3.63, 3.8) is 0 Å². The maximum Gasteiger partial charge on any atom is 0.331 e. The van der Waals surface area contributed by atoms with E-state index in [-0.39, 0.29) is 12.2 Å². The van der Waals surface area contributed by atoms with Gasteiger partial charge in [0.15, 0.2) is 0 Å². The van der Waals surface area contributed by atoms with E-state index in [1.54, 1.807) is 0 Å². The average Bonchev–Trinajstić information content (AvgIpc) is 2.59. The largest absolute Gasteiger partial charge is 0.459 e. The van der Waals surface area contributed by atoms with Gasteiger partial charge in [0, 0.05) is 12.2 Å². The van der Waals surface area contributed by atoms with Gasteiger partial charge >= 0.3 is 11.9 Å². The SMILES string of the molecule is CC(C)[C@H]1CC[C@@H](C)C[C@@H]1OC(=O)/C=C/C(=O)O[C@H]1C[C@H](C)CC[C@H]1C(C)C. The Kier molecular flexibility index (Phi) is 8.57. The fraction of sp³-hybridized carbons (Fsp3) is 0.833. The van der Waals surface area contributed by atoms with Crippen LogP contribution in [0, 0.1) is 35.5 Å². The molecule has 0 heterocycles. The zero-order valence-corrected chi connectivity index (χ0v) is 18.6. The standard InChI is InChI=1S/C24H40O4/c1-15(2)19-9-7-17(5)13-21(19)27-23(25)11-12-24(26)28-22-14-18(6)8-10-20(22)16(3)4/h11-12,15-22H,7-10,13-14H2,1-6H3/b12-11+/t17-,18-,19-,20+,21+,22+/m1/s1. The van der Waals surface area contributed by atoms with E-state index in [9.17, 15) is 9.59 Å². The zero-order chi connectivity index (χ0) is 20.8. The van der Waals surface area contributed by atoms with Crippen molar-refractivity contribution in [1.82, 2.24) is 0 Å². The third kappa shape index (κ3) is 6.63. The Morgan fingerprint density at radius 1 is 0.714 bits per heavy atom. The predicted molar refractivity (Wildman–Crippen MR) is 112 cm³/mol. The number of hydrogen-bond donors (Lipinski definition) is 0. The Morgan fingerprint density at radius 2 is 1.07 bits per heavy atom. The van der Waals surface area contributed by atoms with Crippen molar-refractivity contribution in [1.29, 1.82) is 0 Å². The van der Waals surface area contributed by atoms with Gasteiger partial charge in [0.2, 0.25) is 0 Å². The van der Waals surface area contributed by atoms with Crippen LogP contribution in [-0.4, -0.2) is 24.1 Å². The molecule has 0 aromatic heterocycles. The number of rotatable bonds is 6. The van der Waals surface area contributed by atoms with Crippen molar-refractivity contribution in [3.05, 3.63) is 12.2 Å². The predicted octanol–water partition coefficient (Wildman–Crippen LogP) is 5.55. The normalized spacial score (nSPS) is 34.0. The molecule has 0 bridgehead atoms. The topological polar surface area (TPSA) is 52.6 Å². The second-order valence-corrected chi connectivity index (χ2v) is 9.94. The Morgan fingerprint density at radius 3 is 1.39 bits per heavy atom. The van der Waals surface area contributed by atoms with Crippen LogP contribution < -0.4 is 0 Å². The van der Waals surface area contributed by atoms with Crippen molar-refractivity contribution in [2.75, 3.05) is 0 Å². The van der Waals surface area contributed by atoms with Crippen LogP contribution in [0.1, 0.15) is 80.1 Å². The lowest BCUT2D eigenvalue weighted by Crippen LogP contribution is -2.36. The zero-order valence-electron chi connectivity index (χ0n) is 18.6. The first-order valence-electron chi connectivity index (χ1n) is 11.3. The van der Waals surface area contributed by atoms with Crippen LogP contribution >= 0.6 is 0 Å². The quantitative estimate of drug-likeness (QED) is 0.439. The highest BCUT2D eigenvalue weighted by Crippen LogP contribution is 2.36. The van der Waals surface area contributed by atoms with Gasteiger partial charge in [-0.1, -0.05) is 54.4 Å². The van der Waals surface area contributed by atoms with Crippen molar-refractivity contribution < 1.29 is 19.1 Å². The van der Waals surface area contributed by atoms with E-state index in [4.69, 9.17) is 9.47 Å². The molecule has 2 rings (SSSR count). The Hall–Kier alpha value is -1.32. The summed E-state index contributed by atoms with van der Waals surface area (Å²) < 4.78 is 11.4. The third-order valence-electron chi connectivity index (χ3n) is 6.81. The molecule has 0 unspecified atom stereocenters. The van der Waals surface area contributed by atoms with Gasteiger partial charge in [-0.3, -0.25) is 0 Å². The van der Waals surface area contributed by atoms with Gasteiger partial charge in [0.25, 0.3) is 0 Å². The third-order valence-corrected chi connectivity index (χ3v) is 6.81. The summed E-state index contributed by atoms with van der Waals surface area (Å²) in [4.78, 5) is 24.6. The lowest BCUT2D eigenvalue weighted by Gasteiger charge is -2.36. The minimum Gasteiger partial charge on any atom is -0.459 e. The highest BCUT2D eigenvalue weighted by molar-refractivity contribution is 5.91. The van der Waals surface area contributed by atoms with Gasteiger partial charge in [-0.25, -0.2) is 9.59 Å². The summed E-state index contributed by atoms with van der Waals surface area (Å²) in [5.74, 6) is 2.05. The molecule has 0 amide bonds. The van der Waals surface area contributed by atoms with Crippen LogP contribution in [0.2, 0.25) is 0 Å². The first-order valence-corrected chi connectivity index (χ1v) is 11.3. The first-order chi connectivity index (χ1) is 13.2. The molecule has 2 fully saturated rings. The molecular formula is C24H40O4. The molecule has 0 N–H and O–H groups in total. The number of esters is 2. The Balaban J connectivity index is 1.89. The van der Waals surface area contributed by atoms with E-state index in [1.807, 2.05) is 0 Å². The van der Waals surface area contributed by atoms with Gasteiger partial charge in [-0.15, -0.1) is 0 Å². The first kappa shape index (κ1) is 23.0. The van der Waals surface area contributed by atoms with E-state index in [1.165, 1.54) is 25.0 Å². The molecular weight excluding hydrogens is 352 g/mol. The van der Waals surface area contributed by atoms with Gasteiger partial charge in [-0.2, -0.15) is 0 Å². The fourth-order valence-corrected chi connectivity index (χ4v) is 5.01. The van der Waals surface area contributed by atoms with Crippen molar-refractivity contribution >= 4 is 11.9 Å². The summed E-state index contributed by atoms with van der Waals surface area (Å²) in [6.07, 6.45) is 8.77. The molecule has 2 aliphatic carbocycles. The maximum absolute atomic E-state index is 12.3. The highest BCUT2D eigenvalue weighted by atomic mass is 16.5. The molecule has 4 nitrogen and oxygen atoms in total. The molecule has 2 saturated carbocycles. The smallest absolute Gasteiger partial charge is 0.331 e. The average molecular weight is 393 g/mol. The van der Waals surface area contributed by atoms with Gasteiger partial charge in [0.1, 0.15) is 12.2 Å². The second-order valence-electron chi connectivity index (χ2n) is 9.94. The number of carbonyl (C=O) groups is 2. The lowest BCUT2D eigenvalue weighted by molar-refractivity contribution is -0.152. The molecule has 4 heteroatoms. The molecule has 0 saturated heterocycles. The van der Waals surface area contributed by atoms with E-state index < -0.39 is 11.9 Å². The number of hydrogen-bond acceptors (Lipinski definition) is 4. The molecule has 0 aromatic rings. The molecule has 0 aromatic carbocycles. The van der Waals surface area contributed by atoms with Gasteiger partial charge in [-0.05, 0) is 61.2 Å². The summed E-state index contributed by atoms with van der Waals surface area (Å²) in [6, 6.07) is 0. The Bertz CT molecular complexity index is 503. The van der Waals surface area contributed by atoms with Crippen LogP contribution in [0.5, 0.6) is 0 Å². The fourth-order valence-electron chi connectivity index (χ4n) is 5.01. The van der Waals surface area contributed by atoms with Crippen LogP contribution in [0.15, 0.2) is 12.2 Å². The summed E-state index contributed by atoms with van der Waals surface area (Å²) in [5, 5.41) is 0. The summed E-state index contributed by atoms with van der Waals surface area (Å²) in [5.41, 5.74) is 0. The Labute approximate surface area is 171 Å². The van der Waals surface area contributed by atoms with Crippen molar-refractivity contribution in [3.8, 4) is 0 Å². The van der Waals surface area contributed by atoms with E-state index in [0.29, 0.717) is 35.5 Å². The molecule has 0 aliphatic heterocycles. The van der Waals surface area contributed by atoms with Crippen LogP contribution in [0.4, 0.5) is 0 Å². The molecule has 28 heavy (non-hydrogen) atoms. The summed E-state index contributed by atoms with van der Waals surface area (Å²) in [7, 11) is 0. The van der Waals surface area contributed by atoms with Gasteiger partial charge < -0.3 is 9.47 Å². The van der Waals surface area contributed by atoms with Crippen LogP contribution in [0.3, 0.4) is 0 Å². The second kappa shape index (κ2) is 10.5. The van der Waals surface area contributed by atoms with Crippen molar-refractivity contribution in [2.45, 2.75) is 92.3 Å². The van der Waals surface area contributed by atoms with Crippen LogP contribution in [-0.2, 0) is 19.1 Å². The van der Waals surface area contributed by atoms with E-state index in [2.05, 4.69) is 41.5 Å². The van der Waals surface area contributed by atoms with Crippen LogP contribution in [0.25, 0.3) is 0 Å². The molecule has 2 aliphatic rings. The summed E-state index contributed by atoms with van der Waals surface area (Å²) in [6.45, 7) is 13.2. The number of ether oxygens (including phenoxy) is 2. The summed E-state index contributed by atoms with van der Waals surface area (Å²) >= 11 is 0. The molecule has 0 radical (unpaired) electrons. The van der Waals surface area contributed by atoms with Crippen molar-refractivity contribution in [2.24, 2.45) is 35.5 Å². The molecule has 0 spiro atoms. The monoisotopic (exact) mass is 392 g/mol. The van der Waals surface area contributed by atoms with Gasteiger partial charge in [0.05, 0.1) is 0 Å². The minimum absolute atomic E-state index is 0.0542. The molecule has 6 atom stereocenters. The highest BCUT2D eigenvalue weighted by Gasteiger charge is 2.34.